The molecule has 2 heterocycles. The summed E-state index contributed by atoms with van der Waals surface area (Å²) in [6.45, 7) is 1.75. The minimum atomic E-state index is -0.628. The Hall–Kier alpha value is -2.87. The molecule has 1 aromatic heterocycles. The quantitative estimate of drug-likeness (QED) is 0.522. The zero-order valence-electron chi connectivity index (χ0n) is 15.9. The molecule has 1 aliphatic heterocycles. The number of nitrogens with zero attached hydrogens (tertiary/aromatic N) is 1. The largest absolute Gasteiger partial charge is 0.497 e. The maximum absolute atomic E-state index is 12.4. The number of aryl methyl sites for hydroxylation is 1. The molecule has 1 amide bonds. The zero-order valence-corrected chi connectivity index (χ0v) is 16.7. The number of esters is 1. The SMILES string of the molecule is COc1ccc(N2C[C@H](C(=O)OCC(=O)c3ccc(C)s3)CC2=O)c(OC)c1. The van der Waals surface area contributed by atoms with Crippen molar-refractivity contribution in [3.8, 4) is 11.5 Å². The topological polar surface area (TPSA) is 82.1 Å². The van der Waals surface area contributed by atoms with Gasteiger partial charge >= 0.3 is 5.97 Å². The second-order valence-corrected chi connectivity index (χ2v) is 7.67. The van der Waals surface area contributed by atoms with Gasteiger partial charge in [-0.3, -0.25) is 14.4 Å². The predicted molar refractivity (Wildman–Crippen MR) is 104 cm³/mol. The number of benzene rings is 1. The minimum absolute atomic E-state index is 0.0281. The molecule has 0 radical (unpaired) electrons. The molecule has 1 atom stereocenters. The number of rotatable bonds is 7. The third-order valence-corrected chi connectivity index (χ3v) is 5.54. The fraction of sp³-hybridized carbons (Fsp3) is 0.350. The predicted octanol–water partition coefficient (Wildman–Crippen LogP) is 2.85. The second kappa shape index (κ2) is 8.43. The molecule has 0 unspecified atom stereocenters. The van der Waals surface area contributed by atoms with Crippen LogP contribution in [0.25, 0.3) is 0 Å². The zero-order chi connectivity index (χ0) is 20.3. The van der Waals surface area contributed by atoms with Crippen molar-refractivity contribution in [2.45, 2.75) is 13.3 Å². The Labute approximate surface area is 166 Å². The van der Waals surface area contributed by atoms with Crippen LogP contribution in [-0.2, 0) is 14.3 Å². The summed E-state index contributed by atoms with van der Waals surface area (Å²) in [5.41, 5.74) is 0.564. The molecule has 1 aromatic carbocycles. The highest BCUT2D eigenvalue weighted by atomic mass is 32.1. The fourth-order valence-electron chi connectivity index (χ4n) is 3.02. The van der Waals surface area contributed by atoms with Gasteiger partial charge in [0.15, 0.2) is 6.61 Å². The normalized spacial score (nSPS) is 16.2. The van der Waals surface area contributed by atoms with Crippen molar-refractivity contribution >= 4 is 34.7 Å². The molecule has 1 aliphatic rings. The number of thiophene rings is 1. The van der Waals surface area contributed by atoms with Gasteiger partial charge in [-0.1, -0.05) is 0 Å². The lowest BCUT2D eigenvalue weighted by molar-refractivity contribution is -0.147. The first kappa shape index (κ1) is 19.9. The Balaban J connectivity index is 1.64. The summed E-state index contributed by atoms with van der Waals surface area (Å²) in [6.07, 6.45) is 0.0281. The molecule has 0 spiro atoms. The van der Waals surface area contributed by atoms with Crippen LogP contribution in [0, 0.1) is 12.8 Å². The second-order valence-electron chi connectivity index (χ2n) is 6.38. The number of carbonyl (C=O) groups excluding carboxylic acids is 3. The van der Waals surface area contributed by atoms with Gasteiger partial charge in [0.1, 0.15) is 11.5 Å². The number of hydrogen-bond acceptors (Lipinski definition) is 7. The summed E-state index contributed by atoms with van der Waals surface area (Å²) in [5, 5.41) is 0. The lowest BCUT2D eigenvalue weighted by atomic mass is 10.1. The van der Waals surface area contributed by atoms with Crippen molar-refractivity contribution in [2.75, 3.05) is 32.3 Å². The van der Waals surface area contributed by atoms with Gasteiger partial charge in [0.05, 0.1) is 30.7 Å². The van der Waals surface area contributed by atoms with Crippen molar-refractivity contribution in [2.24, 2.45) is 5.92 Å². The number of carbonyl (C=O) groups is 3. The van der Waals surface area contributed by atoms with E-state index >= 15 is 0 Å². The molecule has 148 valence electrons. The van der Waals surface area contributed by atoms with Crippen LogP contribution in [0.1, 0.15) is 21.0 Å². The van der Waals surface area contributed by atoms with Crippen LogP contribution in [0.3, 0.4) is 0 Å². The number of anilines is 1. The summed E-state index contributed by atoms with van der Waals surface area (Å²) in [7, 11) is 3.04. The highest BCUT2D eigenvalue weighted by Crippen LogP contribution is 2.36. The summed E-state index contributed by atoms with van der Waals surface area (Å²) < 4.78 is 15.7. The molecule has 0 saturated carbocycles. The Bertz CT molecular complexity index is 906. The van der Waals surface area contributed by atoms with Crippen molar-refractivity contribution < 1.29 is 28.6 Å². The van der Waals surface area contributed by atoms with Crippen molar-refractivity contribution in [1.29, 1.82) is 0 Å². The van der Waals surface area contributed by atoms with E-state index < -0.39 is 11.9 Å². The minimum Gasteiger partial charge on any atom is -0.497 e. The van der Waals surface area contributed by atoms with E-state index in [-0.39, 0.29) is 31.3 Å². The molecule has 0 N–H and O–H groups in total. The molecule has 1 saturated heterocycles. The number of hydrogen-bond donors (Lipinski definition) is 0. The Morgan fingerprint density at radius 3 is 2.61 bits per heavy atom. The van der Waals surface area contributed by atoms with Gasteiger partial charge in [0, 0.05) is 23.9 Å². The molecular formula is C20H21NO6S. The van der Waals surface area contributed by atoms with E-state index in [1.165, 1.54) is 23.3 Å². The molecule has 0 aliphatic carbocycles. The van der Waals surface area contributed by atoms with Crippen LogP contribution in [-0.4, -0.2) is 45.0 Å². The monoisotopic (exact) mass is 403 g/mol. The van der Waals surface area contributed by atoms with Crippen molar-refractivity contribution in [3.63, 3.8) is 0 Å². The average molecular weight is 403 g/mol. The molecule has 7 nitrogen and oxygen atoms in total. The molecule has 8 heteroatoms. The first-order valence-electron chi connectivity index (χ1n) is 8.71. The van der Waals surface area contributed by atoms with E-state index in [1.807, 2.05) is 13.0 Å². The van der Waals surface area contributed by atoms with Gasteiger partial charge in [0.25, 0.3) is 0 Å². The summed E-state index contributed by atoms with van der Waals surface area (Å²) in [5.74, 6) is -0.548. The summed E-state index contributed by atoms with van der Waals surface area (Å²) in [6, 6.07) is 8.67. The maximum atomic E-state index is 12.4. The standard InChI is InChI=1S/C20H21NO6S/c1-12-4-7-18(28-12)16(22)11-27-20(24)13-8-19(23)21(10-13)15-6-5-14(25-2)9-17(15)26-3/h4-7,9,13H,8,10-11H2,1-3H3/t13-/m1/s1. The highest BCUT2D eigenvalue weighted by Gasteiger charge is 2.37. The van der Waals surface area contributed by atoms with Crippen LogP contribution in [0.4, 0.5) is 5.69 Å². The van der Waals surface area contributed by atoms with Crippen LogP contribution in [0.5, 0.6) is 11.5 Å². The lowest BCUT2D eigenvalue weighted by Crippen LogP contribution is -2.27. The molecule has 0 bridgehead atoms. The number of Topliss-reactive ketones (excluding diaryl/α,β-unsaturated/α-hetero) is 1. The van der Waals surface area contributed by atoms with Crippen molar-refractivity contribution in [1.82, 2.24) is 0 Å². The van der Waals surface area contributed by atoms with Gasteiger partial charge in [-0.05, 0) is 31.2 Å². The fourth-order valence-corrected chi connectivity index (χ4v) is 3.81. The van der Waals surface area contributed by atoms with Gasteiger partial charge < -0.3 is 19.1 Å². The first-order chi connectivity index (χ1) is 13.4. The van der Waals surface area contributed by atoms with Crippen LogP contribution in [0.15, 0.2) is 30.3 Å². The highest BCUT2D eigenvalue weighted by molar-refractivity contribution is 7.14. The maximum Gasteiger partial charge on any atom is 0.311 e. The van der Waals surface area contributed by atoms with Gasteiger partial charge in [-0.2, -0.15) is 0 Å². The smallest absolute Gasteiger partial charge is 0.311 e. The molecule has 28 heavy (non-hydrogen) atoms. The van der Waals surface area contributed by atoms with Gasteiger partial charge in [-0.25, -0.2) is 0 Å². The third kappa shape index (κ3) is 4.17. The number of ether oxygens (including phenoxy) is 3. The summed E-state index contributed by atoms with van der Waals surface area (Å²) >= 11 is 1.36. The van der Waals surface area contributed by atoms with Crippen LogP contribution < -0.4 is 14.4 Å². The van der Waals surface area contributed by atoms with E-state index in [0.29, 0.717) is 22.1 Å². The summed E-state index contributed by atoms with van der Waals surface area (Å²) in [4.78, 5) is 40.0. The molecule has 2 aromatic rings. The number of amides is 1. The lowest BCUT2D eigenvalue weighted by Gasteiger charge is -2.20. The van der Waals surface area contributed by atoms with E-state index in [1.54, 1.807) is 31.4 Å². The van der Waals surface area contributed by atoms with E-state index in [4.69, 9.17) is 14.2 Å². The van der Waals surface area contributed by atoms with E-state index in [9.17, 15) is 14.4 Å². The Kier molecular flexibility index (Phi) is 5.99. The van der Waals surface area contributed by atoms with E-state index in [0.717, 1.165) is 4.88 Å². The Morgan fingerprint density at radius 2 is 1.96 bits per heavy atom. The van der Waals surface area contributed by atoms with E-state index in [2.05, 4.69) is 0 Å². The third-order valence-electron chi connectivity index (χ3n) is 4.50. The molecular weight excluding hydrogens is 382 g/mol. The molecule has 3 rings (SSSR count). The first-order valence-corrected chi connectivity index (χ1v) is 9.53. The van der Waals surface area contributed by atoms with Crippen LogP contribution in [0.2, 0.25) is 0 Å². The molecule has 1 fully saturated rings. The number of ketones is 1. The van der Waals surface area contributed by atoms with Crippen molar-refractivity contribution in [3.05, 3.63) is 40.1 Å². The van der Waals surface area contributed by atoms with Gasteiger partial charge in [0.2, 0.25) is 11.7 Å². The van der Waals surface area contributed by atoms with Gasteiger partial charge in [-0.15, -0.1) is 11.3 Å². The number of methoxy groups -OCH3 is 2. The Morgan fingerprint density at radius 1 is 1.18 bits per heavy atom. The van der Waals surface area contributed by atoms with Crippen LogP contribution >= 0.6 is 11.3 Å². The average Bonchev–Trinajstić information content (AvgIpc) is 3.31.